The molecule has 5 nitrogen and oxygen atoms in total. The van der Waals surface area contributed by atoms with E-state index in [2.05, 4.69) is 4.98 Å². The highest BCUT2D eigenvalue weighted by Gasteiger charge is 2.18. The van der Waals surface area contributed by atoms with Crippen LogP contribution in [0.2, 0.25) is 0 Å². The van der Waals surface area contributed by atoms with Gasteiger partial charge in [-0.15, -0.1) is 0 Å². The highest BCUT2D eigenvalue weighted by Crippen LogP contribution is 2.18. The van der Waals surface area contributed by atoms with E-state index in [1.807, 2.05) is 0 Å². The number of nitrogens with zero attached hydrogens (tertiary/aromatic N) is 1. The van der Waals surface area contributed by atoms with Crippen molar-refractivity contribution in [3.8, 4) is 5.75 Å². The monoisotopic (exact) mass is 232 g/mol. The largest absolute Gasteiger partial charge is 0.497 e. The summed E-state index contributed by atoms with van der Waals surface area (Å²) in [6, 6.07) is 6.75. The average molecular weight is 232 g/mol. The molecular formula is C12H12N2O3. The fourth-order valence-electron chi connectivity index (χ4n) is 1.50. The molecule has 0 fully saturated rings. The van der Waals surface area contributed by atoms with E-state index in [1.54, 1.807) is 38.3 Å². The molecule has 0 aliphatic heterocycles. The lowest BCUT2D eigenvalue weighted by Gasteiger charge is -2.01. The Morgan fingerprint density at radius 2 is 2.00 bits per heavy atom. The van der Waals surface area contributed by atoms with Gasteiger partial charge in [0.15, 0.2) is 5.76 Å². The molecule has 1 aromatic carbocycles. The number of hydrogen-bond acceptors (Lipinski definition) is 5. The maximum absolute atomic E-state index is 12.0. The van der Waals surface area contributed by atoms with E-state index in [0.717, 1.165) is 0 Å². The van der Waals surface area contributed by atoms with Crippen molar-refractivity contribution in [2.24, 2.45) is 0 Å². The molecule has 0 bridgehead atoms. The number of nitrogen functional groups attached to an aromatic ring is 1. The Kier molecular flexibility index (Phi) is 2.82. The van der Waals surface area contributed by atoms with E-state index in [4.69, 9.17) is 14.9 Å². The zero-order valence-electron chi connectivity index (χ0n) is 9.56. The van der Waals surface area contributed by atoms with Crippen LogP contribution in [0.4, 0.5) is 6.01 Å². The minimum Gasteiger partial charge on any atom is -0.497 e. The van der Waals surface area contributed by atoms with Crippen LogP contribution in [0.5, 0.6) is 5.75 Å². The number of carbonyl (C=O) groups excluding carboxylic acids is 1. The van der Waals surface area contributed by atoms with Gasteiger partial charge in [0.2, 0.25) is 5.78 Å². The van der Waals surface area contributed by atoms with Gasteiger partial charge in [0, 0.05) is 5.56 Å². The molecule has 2 aromatic rings. The van der Waals surface area contributed by atoms with Gasteiger partial charge < -0.3 is 14.9 Å². The van der Waals surface area contributed by atoms with E-state index in [-0.39, 0.29) is 17.6 Å². The van der Waals surface area contributed by atoms with Crippen molar-refractivity contribution in [3.63, 3.8) is 0 Å². The summed E-state index contributed by atoms with van der Waals surface area (Å²) in [7, 11) is 1.57. The lowest BCUT2D eigenvalue weighted by molar-refractivity contribution is 0.101. The first-order valence-corrected chi connectivity index (χ1v) is 5.03. The molecule has 0 unspecified atom stereocenters. The van der Waals surface area contributed by atoms with Gasteiger partial charge in [0.1, 0.15) is 5.75 Å². The third kappa shape index (κ3) is 2.13. The zero-order valence-corrected chi connectivity index (χ0v) is 9.56. The number of nitrogens with two attached hydrogens (primary N) is 1. The van der Waals surface area contributed by atoms with E-state index in [0.29, 0.717) is 17.0 Å². The molecule has 1 heterocycles. The predicted octanol–water partition coefficient (Wildman–Crippen LogP) is 1.80. The van der Waals surface area contributed by atoms with Crippen LogP contribution in [-0.2, 0) is 0 Å². The predicted molar refractivity (Wildman–Crippen MR) is 62.1 cm³/mol. The minimum atomic E-state index is -0.241. The molecule has 0 atom stereocenters. The Hall–Kier alpha value is -2.30. The standard InChI is InChI=1S/C12H12N2O3/c1-7-11(17-12(13)14-7)10(15)8-3-5-9(16-2)6-4-8/h3-6H,1-2H3,(H2,13,14). The van der Waals surface area contributed by atoms with Crippen molar-refractivity contribution in [2.45, 2.75) is 6.92 Å². The summed E-state index contributed by atoms with van der Waals surface area (Å²) < 4.78 is 10.1. The Bertz CT molecular complexity index is 543. The number of benzene rings is 1. The molecule has 5 heteroatoms. The molecule has 88 valence electrons. The SMILES string of the molecule is COc1ccc(C(=O)c2oc(N)nc2C)cc1. The average Bonchev–Trinajstić information content (AvgIpc) is 2.68. The zero-order chi connectivity index (χ0) is 12.4. The van der Waals surface area contributed by atoms with E-state index in [9.17, 15) is 4.79 Å². The molecule has 2 N–H and O–H groups in total. The Morgan fingerprint density at radius 1 is 1.35 bits per heavy atom. The summed E-state index contributed by atoms with van der Waals surface area (Å²) in [5, 5.41) is 0. The number of aryl methyl sites for hydroxylation is 1. The summed E-state index contributed by atoms with van der Waals surface area (Å²) in [6.07, 6.45) is 0. The molecule has 2 rings (SSSR count). The second-order valence-corrected chi connectivity index (χ2v) is 3.52. The fraction of sp³-hybridized carbons (Fsp3) is 0.167. The van der Waals surface area contributed by atoms with E-state index in [1.165, 1.54) is 0 Å². The quantitative estimate of drug-likeness (QED) is 0.816. The third-order valence-corrected chi connectivity index (χ3v) is 2.37. The lowest BCUT2D eigenvalue weighted by Crippen LogP contribution is -2.01. The first-order chi connectivity index (χ1) is 8.11. The van der Waals surface area contributed by atoms with Crippen LogP contribution in [0.3, 0.4) is 0 Å². The van der Waals surface area contributed by atoms with Crippen LogP contribution in [0.1, 0.15) is 21.8 Å². The Balaban J connectivity index is 2.33. The van der Waals surface area contributed by atoms with E-state index < -0.39 is 0 Å². The number of rotatable bonds is 3. The van der Waals surface area contributed by atoms with Crippen LogP contribution < -0.4 is 10.5 Å². The van der Waals surface area contributed by atoms with Crippen LogP contribution in [0.25, 0.3) is 0 Å². The second-order valence-electron chi connectivity index (χ2n) is 3.52. The molecule has 17 heavy (non-hydrogen) atoms. The second kappa shape index (κ2) is 4.29. The minimum absolute atomic E-state index is 0.000591. The maximum Gasteiger partial charge on any atom is 0.292 e. The molecule has 0 aliphatic carbocycles. The van der Waals surface area contributed by atoms with Gasteiger partial charge in [-0.05, 0) is 31.2 Å². The summed E-state index contributed by atoms with van der Waals surface area (Å²) in [4.78, 5) is 15.9. The van der Waals surface area contributed by atoms with Gasteiger partial charge in [-0.1, -0.05) is 0 Å². The van der Waals surface area contributed by atoms with Gasteiger partial charge in [-0.25, -0.2) is 0 Å². The summed E-state index contributed by atoms with van der Waals surface area (Å²) in [6.45, 7) is 1.68. The van der Waals surface area contributed by atoms with Crippen molar-refractivity contribution >= 4 is 11.8 Å². The molecule has 0 radical (unpaired) electrons. The molecule has 0 saturated carbocycles. The summed E-state index contributed by atoms with van der Waals surface area (Å²) in [5.41, 5.74) is 6.38. The number of ether oxygens (including phenoxy) is 1. The van der Waals surface area contributed by atoms with Crippen molar-refractivity contribution in [1.29, 1.82) is 0 Å². The van der Waals surface area contributed by atoms with Crippen molar-refractivity contribution in [1.82, 2.24) is 4.98 Å². The lowest BCUT2D eigenvalue weighted by atomic mass is 10.1. The van der Waals surface area contributed by atoms with Crippen molar-refractivity contribution < 1.29 is 13.9 Å². The van der Waals surface area contributed by atoms with Crippen molar-refractivity contribution in [3.05, 3.63) is 41.3 Å². The molecule has 0 amide bonds. The number of methoxy groups -OCH3 is 1. The third-order valence-electron chi connectivity index (χ3n) is 2.37. The maximum atomic E-state index is 12.0. The Morgan fingerprint density at radius 3 is 2.47 bits per heavy atom. The highest BCUT2D eigenvalue weighted by molar-refractivity contribution is 6.07. The number of ketones is 1. The number of aromatic nitrogens is 1. The smallest absolute Gasteiger partial charge is 0.292 e. The number of oxazole rings is 1. The van der Waals surface area contributed by atoms with Gasteiger partial charge in [-0.2, -0.15) is 4.98 Å². The van der Waals surface area contributed by atoms with Crippen LogP contribution in [-0.4, -0.2) is 17.9 Å². The number of anilines is 1. The van der Waals surface area contributed by atoms with Gasteiger partial charge >= 0.3 is 0 Å². The van der Waals surface area contributed by atoms with Crippen molar-refractivity contribution in [2.75, 3.05) is 12.8 Å². The van der Waals surface area contributed by atoms with E-state index >= 15 is 0 Å². The first kappa shape index (κ1) is 11.2. The van der Waals surface area contributed by atoms with Crippen LogP contribution >= 0.6 is 0 Å². The highest BCUT2D eigenvalue weighted by atomic mass is 16.5. The number of carbonyl (C=O) groups is 1. The van der Waals surface area contributed by atoms with Gasteiger partial charge in [0.25, 0.3) is 6.01 Å². The fourth-order valence-corrected chi connectivity index (χ4v) is 1.50. The normalized spacial score (nSPS) is 10.2. The summed E-state index contributed by atoms with van der Waals surface area (Å²) in [5.74, 6) is 0.623. The topological polar surface area (TPSA) is 78.3 Å². The molecule has 0 aliphatic rings. The molecule has 1 aromatic heterocycles. The van der Waals surface area contributed by atoms with Gasteiger partial charge in [-0.3, -0.25) is 4.79 Å². The molecule has 0 saturated heterocycles. The Labute approximate surface area is 98.2 Å². The molecule has 0 spiro atoms. The number of hydrogen-bond donors (Lipinski definition) is 1. The summed E-state index contributed by atoms with van der Waals surface area (Å²) >= 11 is 0. The first-order valence-electron chi connectivity index (χ1n) is 5.03. The van der Waals surface area contributed by atoms with Crippen LogP contribution in [0.15, 0.2) is 28.7 Å². The molecular weight excluding hydrogens is 220 g/mol. The van der Waals surface area contributed by atoms with Crippen LogP contribution in [0, 0.1) is 6.92 Å². The van der Waals surface area contributed by atoms with Gasteiger partial charge in [0.05, 0.1) is 12.8 Å².